The van der Waals surface area contributed by atoms with Crippen LogP contribution in [0.5, 0.6) is 0 Å². The lowest BCUT2D eigenvalue weighted by Gasteiger charge is -2.47. The van der Waals surface area contributed by atoms with Gasteiger partial charge in [-0.15, -0.1) is 0 Å². The molecule has 0 bridgehead atoms. The monoisotopic (exact) mass is 580 g/mol. The van der Waals surface area contributed by atoms with Crippen molar-refractivity contribution in [3.63, 3.8) is 0 Å². The fourth-order valence-electron chi connectivity index (χ4n) is 4.35. The fraction of sp³-hybridized carbons (Fsp3) is 0.417. The first kappa shape index (κ1) is 27.8. The second kappa shape index (κ2) is 10.9. The lowest BCUT2D eigenvalue weighted by atomic mass is 9.84. The van der Waals surface area contributed by atoms with Gasteiger partial charge in [-0.05, 0) is 53.3 Å². The standard InChI is InChI=1S/C24H22Cl2F4N2O4S/c1-37(34)10-21(33)32-11-23(12-32)17-4-3-15(8-16(17)9-35-23)20(31-36-13-24(28,29)30)5-2-14-6-18(25)22(27)19(26)7-14/h3-4,6-8H,2,5,9-13H2,1H3/b31-20+. The molecule has 1 fully saturated rings. The van der Waals surface area contributed by atoms with Crippen molar-refractivity contribution in [2.45, 2.75) is 31.2 Å². The Morgan fingerprint density at radius 1 is 1.22 bits per heavy atom. The second-order valence-corrected chi connectivity index (χ2v) is 11.2. The van der Waals surface area contributed by atoms with Crippen LogP contribution in [-0.2, 0) is 43.8 Å². The molecule has 0 aliphatic carbocycles. The number of ether oxygens (including phenoxy) is 1. The number of hydrogen-bond donors (Lipinski definition) is 0. The van der Waals surface area contributed by atoms with E-state index < -0.39 is 35.0 Å². The molecule has 37 heavy (non-hydrogen) atoms. The van der Waals surface area contributed by atoms with Gasteiger partial charge in [0.25, 0.3) is 0 Å². The van der Waals surface area contributed by atoms with Crippen molar-refractivity contribution in [1.82, 2.24) is 4.90 Å². The highest BCUT2D eigenvalue weighted by Gasteiger charge is 2.51. The van der Waals surface area contributed by atoms with Crippen LogP contribution < -0.4 is 0 Å². The minimum absolute atomic E-state index is 0.0515. The van der Waals surface area contributed by atoms with E-state index in [2.05, 4.69) is 9.99 Å². The summed E-state index contributed by atoms with van der Waals surface area (Å²) in [5, 5.41) is 3.43. The van der Waals surface area contributed by atoms with E-state index in [-0.39, 0.29) is 46.9 Å². The topological polar surface area (TPSA) is 68.2 Å². The molecule has 13 heteroatoms. The van der Waals surface area contributed by atoms with Gasteiger partial charge in [0.05, 0.1) is 35.5 Å². The quantitative estimate of drug-likeness (QED) is 0.191. The van der Waals surface area contributed by atoms with Crippen LogP contribution in [0.2, 0.25) is 10.0 Å². The van der Waals surface area contributed by atoms with Crippen molar-refractivity contribution in [2.75, 3.05) is 31.7 Å². The smallest absolute Gasteiger partial charge is 0.386 e. The second-order valence-electron chi connectivity index (χ2n) is 8.92. The molecule has 6 nitrogen and oxygen atoms in total. The zero-order chi connectivity index (χ0) is 27.0. The van der Waals surface area contributed by atoms with E-state index in [1.807, 2.05) is 6.07 Å². The number of halogens is 6. The molecular weight excluding hydrogens is 559 g/mol. The summed E-state index contributed by atoms with van der Waals surface area (Å²) in [5.74, 6) is -1.01. The molecular formula is C24H22Cl2F4N2O4S. The van der Waals surface area contributed by atoms with Crippen LogP contribution in [0.1, 0.15) is 28.7 Å². The maximum absolute atomic E-state index is 13.7. The molecule has 2 aromatic rings. The molecule has 2 aliphatic heterocycles. The summed E-state index contributed by atoms with van der Waals surface area (Å²) in [6, 6.07) is 8.09. The van der Waals surface area contributed by atoms with Gasteiger partial charge in [-0.2, -0.15) is 13.2 Å². The molecule has 0 saturated carbocycles. The highest BCUT2D eigenvalue weighted by molar-refractivity contribution is 7.85. The summed E-state index contributed by atoms with van der Waals surface area (Å²) in [6.45, 7) is -0.632. The van der Waals surface area contributed by atoms with Crippen LogP contribution in [0.4, 0.5) is 17.6 Å². The van der Waals surface area contributed by atoms with Crippen molar-refractivity contribution >= 4 is 45.6 Å². The van der Waals surface area contributed by atoms with E-state index in [0.29, 0.717) is 24.2 Å². The maximum Gasteiger partial charge on any atom is 0.425 e. The molecule has 2 heterocycles. The van der Waals surface area contributed by atoms with Gasteiger partial charge in [0.2, 0.25) is 12.5 Å². The number of hydrogen-bond acceptors (Lipinski definition) is 5. The molecule has 200 valence electrons. The Morgan fingerprint density at radius 2 is 1.89 bits per heavy atom. The van der Waals surface area contributed by atoms with Gasteiger partial charge in [0.15, 0.2) is 5.82 Å². The lowest BCUT2D eigenvalue weighted by Crippen LogP contribution is -2.61. The molecule has 0 N–H and O–H groups in total. The molecule has 1 unspecified atom stereocenters. The van der Waals surface area contributed by atoms with E-state index in [0.717, 1.165) is 11.1 Å². The first-order chi connectivity index (χ1) is 17.4. The summed E-state index contributed by atoms with van der Waals surface area (Å²) in [7, 11) is -1.24. The molecule has 0 aromatic heterocycles. The third-order valence-electron chi connectivity index (χ3n) is 6.10. The molecule has 2 aliphatic rings. The van der Waals surface area contributed by atoms with E-state index in [4.69, 9.17) is 27.9 Å². The largest absolute Gasteiger partial charge is 0.425 e. The normalized spacial score (nSPS) is 17.5. The number of benzene rings is 2. The number of amides is 1. The van der Waals surface area contributed by atoms with Gasteiger partial charge < -0.3 is 14.5 Å². The van der Waals surface area contributed by atoms with E-state index in [9.17, 15) is 26.6 Å². The van der Waals surface area contributed by atoms with Gasteiger partial charge >= 0.3 is 6.18 Å². The van der Waals surface area contributed by atoms with Crippen LogP contribution in [0, 0.1) is 5.82 Å². The van der Waals surface area contributed by atoms with Crippen LogP contribution in [-0.4, -0.2) is 58.6 Å². The first-order valence-electron chi connectivity index (χ1n) is 11.1. The number of nitrogens with zero attached hydrogens (tertiary/aromatic N) is 2. The Morgan fingerprint density at radius 3 is 2.51 bits per heavy atom. The Labute approximate surface area is 222 Å². The zero-order valence-corrected chi connectivity index (χ0v) is 21.9. The Hall–Kier alpha value is -2.21. The minimum Gasteiger partial charge on any atom is -0.386 e. The molecule has 1 amide bonds. The molecule has 1 spiro atoms. The minimum atomic E-state index is -4.55. The molecule has 2 aromatic carbocycles. The number of alkyl halides is 3. The number of carbonyl (C=O) groups is 1. The van der Waals surface area contributed by atoms with Gasteiger partial charge in [-0.25, -0.2) is 4.39 Å². The summed E-state index contributed by atoms with van der Waals surface area (Å²) in [4.78, 5) is 18.4. The number of oxime groups is 1. The van der Waals surface area contributed by atoms with E-state index >= 15 is 0 Å². The van der Waals surface area contributed by atoms with Gasteiger partial charge in [-0.1, -0.05) is 40.5 Å². The number of rotatable bonds is 8. The predicted octanol–water partition coefficient (Wildman–Crippen LogP) is 4.99. The Balaban J connectivity index is 1.53. The number of fused-ring (bicyclic) bond motifs is 2. The molecule has 1 atom stereocenters. The fourth-order valence-corrected chi connectivity index (χ4v) is 5.41. The highest BCUT2D eigenvalue weighted by Crippen LogP contribution is 2.44. The third-order valence-corrected chi connectivity index (χ3v) is 7.31. The SMILES string of the molecule is CS(=O)CC(=O)N1CC2(C1)OCc1cc(/C(CCc3cc(Cl)c(F)c(Cl)c3)=N/OCC(F)(F)F)ccc12. The van der Waals surface area contributed by atoms with E-state index in [1.54, 1.807) is 17.0 Å². The van der Waals surface area contributed by atoms with Crippen LogP contribution in [0.25, 0.3) is 0 Å². The average molecular weight is 581 g/mol. The Bertz CT molecular complexity index is 1240. The summed E-state index contributed by atoms with van der Waals surface area (Å²) in [6.07, 6.45) is -2.66. The molecule has 0 radical (unpaired) electrons. The highest BCUT2D eigenvalue weighted by atomic mass is 35.5. The van der Waals surface area contributed by atoms with Crippen LogP contribution in [0.3, 0.4) is 0 Å². The number of likely N-dealkylation sites (tertiary alicyclic amines) is 1. The van der Waals surface area contributed by atoms with Crippen molar-refractivity contribution < 1.29 is 36.1 Å². The summed E-state index contributed by atoms with van der Waals surface area (Å²) >= 11 is 11.7. The molecule has 4 rings (SSSR count). The number of carbonyl (C=O) groups excluding carboxylic acids is 1. The van der Waals surface area contributed by atoms with Crippen molar-refractivity contribution in [3.05, 3.63) is 68.4 Å². The first-order valence-corrected chi connectivity index (χ1v) is 13.6. The average Bonchev–Trinajstić information content (AvgIpc) is 3.16. The van der Waals surface area contributed by atoms with Gasteiger partial charge in [-0.3, -0.25) is 9.00 Å². The van der Waals surface area contributed by atoms with Crippen molar-refractivity contribution in [1.29, 1.82) is 0 Å². The zero-order valence-electron chi connectivity index (χ0n) is 19.5. The van der Waals surface area contributed by atoms with Crippen LogP contribution in [0.15, 0.2) is 35.5 Å². The van der Waals surface area contributed by atoms with Gasteiger partial charge in [0, 0.05) is 17.1 Å². The predicted molar refractivity (Wildman–Crippen MR) is 132 cm³/mol. The van der Waals surface area contributed by atoms with Crippen molar-refractivity contribution in [3.8, 4) is 0 Å². The summed E-state index contributed by atoms with van der Waals surface area (Å²) < 4.78 is 69.0. The van der Waals surface area contributed by atoms with Gasteiger partial charge in [0.1, 0.15) is 11.4 Å². The Kier molecular flexibility index (Phi) is 8.18. The third kappa shape index (κ3) is 6.45. The van der Waals surface area contributed by atoms with Crippen molar-refractivity contribution in [2.24, 2.45) is 5.16 Å². The lowest BCUT2D eigenvalue weighted by molar-refractivity contribution is -0.173. The van der Waals surface area contributed by atoms with Crippen LogP contribution >= 0.6 is 23.2 Å². The maximum atomic E-state index is 13.7. The number of aryl methyl sites for hydroxylation is 1. The van der Waals surface area contributed by atoms with E-state index in [1.165, 1.54) is 18.4 Å². The molecule has 1 saturated heterocycles. The summed E-state index contributed by atoms with van der Waals surface area (Å²) in [5.41, 5.74) is 2.40.